The van der Waals surface area contributed by atoms with Gasteiger partial charge >= 0.3 is 0 Å². The Bertz CT molecular complexity index is 375. The average Bonchev–Trinajstić information content (AvgIpc) is 2.25. The zero-order valence-corrected chi connectivity index (χ0v) is 14.5. The monoisotopic (exact) mass is 376 g/mol. The van der Waals surface area contributed by atoms with Crippen LogP contribution < -0.4 is 0 Å². The number of hydrogen-bond acceptors (Lipinski definition) is 1. The van der Waals surface area contributed by atoms with E-state index in [1.165, 1.54) is 5.57 Å². The van der Waals surface area contributed by atoms with Crippen molar-refractivity contribution in [2.45, 2.75) is 56.9 Å². The van der Waals surface area contributed by atoms with Crippen LogP contribution in [0.5, 0.6) is 0 Å². The summed E-state index contributed by atoms with van der Waals surface area (Å²) in [6.45, 7) is 6.60. The highest BCUT2D eigenvalue weighted by Crippen LogP contribution is 2.61. The number of allylic oxidation sites excluding steroid dienone is 2. The number of hydrogen-bond donors (Lipinski definition) is 1. The fraction of sp³-hybridized carbons (Fsp3) is 0.733. The Hall–Kier alpha value is 0.400. The molecule has 3 heteroatoms. The van der Waals surface area contributed by atoms with Gasteiger partial charge in [0, 0.05) is 10.2 Å². The van der Waals surface area contributed by atoms with Crippen molar-refractivity contribution in [1.82, 2.24) is 0 Å². The van der Waals surface area contributed by atoms with E-state index in [9.17, 15) is 5.11 Å². The van der Waals surface area contributed by atoms with Crippen molar-refractivity contribution in [3.05, 3.63) is 22.7 Å². The Morgan fingerprint density at radius 3 is 2.44 bits per heavy atom. The standard InChI is InChI=1S/C15H22Br2O/c1-13(2)8-12(17)9-14(3,18)15(13)6-4-11(10-16)5-7-15/h4,6,10,12,18H,5,7-9H2,1-3H3/b11-10-/t12-,14+,15-/m1/s1. The van der Waals surface area contributed by atoms with E-state index in [1.54, 1.807) is 0 Å². The molecule has 102 valence electrons. The maximum Gasteiger partial charge on any atom is 0.0726 e. The van der Waals surface area contributed by atoms with E-state index in [2.05, 4.69) is 57.9 Å². The van der Waals surface area contributed by atoms with E-state index in [0.29, 0.717) is 4.83 Å². The predicted octanol–water partition coefficient (Wildman–Crippen LogP) is 4.94. The summed E-state index contributed by atoms with van der Waals surface area (Å²) in [5.74, 6) is 0. The number of rotatable bonds is 0. The smallest absolute Gasteiger partial charge is 0.0726 e. The second-order valence-electron chi connectivity index (χ2n) is 6.65. The van der Waals surface area contributed by atoms with Crippen LogP contribution in [0, 0.1) is 10.8 Å². The van der Waals surface area contributed by atoms with Crippen LogP contribution in [0.4, 0.5) is 0 Å². The van der Waals surface area contributed by atoms with Crippen molar-refractivity contribution >= 4 is 31.9 Å². The van der Waals surface area contributed by atoms with Crippen LogP contribution in [-0.4, -0.2) is 15.5 Å². The van der Waals surface area contributed by atoms with E-state index in [1.807, 2.05) is 11.9 Å². The highest BCUT2D eigenvalue weighted by molar-refractivity contribution is 9.11. The first kappa shape index (κ1) is 14.8. The van der Waals surface area contributed by atoms with Crippen molar-refractivity contribution in [1.29, 1.82) is 0 Å². The SMILES string of the molecule is CC1(C)C[C@@H](Br)C[C@](C)(O)[C@@]12C=C/C(=C/Br)CC2. The molecule has 0 aromatic carbocycles. The van der Waals surface area contributed by atoms with Crippen molar-refractivity contribution in [2.75, 3.05) is 0 Å². The molecule has 0 radical (unpaired) electrons. The van der Waals surface area contributed by atoms with Crippen molar-refractivity contribution in [3.63, 3.8) is 0 Å². The molecule has 1 fully saturated rings. The van der Waals surface area contributed by atoms with Crippen LogP contribution in [0.1, 0.15) is 46.5 Å². The first-order valence-corrected chi connectivity index (χ1v) is 8.42. The molecule has 2 aliphatic rings. The van der Waals surface area contributed by atoms with E-state index in [4.69, 9.17) is 0 Å². The van der Waals surface area contributed by atoms with Gasteiger partial charge in [-0.3, -0.25) is 0 Å². The van der Waals surface area contributed by atoms with E-state index in [0.717, 1.165) is 25.7 Å². The minimum absolute atomic E-state index is 0.107. The molecule has 1 nitrogen and oxygen atoms in total. The Labute approximate surface area is 127 Å². The summed E-state index contributed by atoms with van der Waals surface area (Å²) < 4.78 is 0. The normalized spacial score (nSPS) is 45.7. The topological polar surface area (TPSA) is 20.2 Å². The van der Waals surface area contributed by atoms with Crippen LogP contribution in [0.3, 0.4) is 0 Å². The lowest BCUT2D eigenvalue weighted by Gasteiger charge is -2.59. The lowest BCUT2D eigenvalue weighted by Crippen LogP contribution is -2.59. The highest BCUT2D eigenvalue weighted by Gasteiger charge is 2.58. The Morgan fingerprint density at radius 1 is 1.33 bits per heavy atom. The third kappa shape index (κ3) is 2.16. The van der Waals surface area contributed by atoms with Gasteiger partial charge in [-0.1, -0.05) is 57.9 Å². The predicted molar refractivity (Wildman–Crippen MR) is 84.2 cm³/mol. The van der Waals surface area contributed by atoms with Gasteiger partial charge in [-0.2, -0.15) is 0 Å². The van der Waals surface area contributed by atoms with Gasteiger partial charge in [0.25, 0.3) is 0 Å². The Morgan fingerprint density at radius 2 is 2.00 bits per heavy atom. The summed E-state index contributed by atoms with van der Waals surface area (Å²) in [6, 6.07) is 0. The van der Waals surface area contributed by atoms with Gasteiger partial charge in [-0.05, 0) is 48.6 Å². The zero-order valence-electron chi connectivity index (χ0n) is 11.3. The lowest BCUT2D eigenvalue weighted by molar-refractivity contribution is -0.140. The Balaban J connectivity index is 2.46. The fourth-order valence-corrected chi connectivity index (χ4v) is 5.83. The largest absolute Gasteiger partial charge is 0.389 e. The van der Waals surface area contributed by atoms with E-state index >= 15 is 0 Å². The van der Waals surface area contributed by atoms with Crippen LogP contribution in [0.15, 0.2) is 22.7 Å². The molecule has 1 N–H and O–H groups in total. The van der Waals surface area contributed by atoms with Gasteiger partial charge in [-0.15, -0.1) is 0 Å². The maximum absolute atomic E-state index is 11.0. The molecule has 0 amide bonds. The number of aliphatic hydroxyl groups is 1. The number of alkyl halides is 1. The lowest BCUT2D eigenvalue weighted by atomic mass is 9.48. The molecular formula is C15H22Br2O. The van der Waals surface area contributed by atoms with Gasteiger partial charge in [0.05, 0.1) is 5.60 Å². The minimum atomic E-state index is -0.642. The summed E-state index contributed by atoms with van der Waals surface area (Å²) >= 11 is 7.12. The number of halogens is 2. The van der Waals surface area contributed by atoms with Crippen LogP contribution in [0.25, 0.3) is 0 Å². The summed E-state index contributed by atoms with van der Waals surface area (Å²) in [7, 11) is 0. The van der Waals surface area contributed by atoms with Gasteiger partial charge in [0.2, 0.25) is 0 Å². The van der Waals surface area contributed by atoms with Crippen molar-refractivity contribution < 1.29 is 5.11 Å². The van der Waals surface area contributed by atoms with E-state index < -0.39 is 5.60 Å². The minimum Gasteiger partial charge on any atom is -0.389 e. The van der Waals surface area contributed by atoms with Gasteiger partial charge in [-0.25, -0.2) is 0 Å². The van der Waals surface area contributed by atoms with Crippen LogP contribution in [0.2, 0.25) is 0 Å². The first-order chi connectivity index (χ1) is 8.24. The molecule has 0 bridgehead atoms. The quantitative estimate of drug-likeness (QED) is 0.593. The molecule has 0 aliphatic heterocycles. The average molecular weight is 378 g/mol. The van der Waals surface area contributed by atoms with Crippen molar-refractivity contribution in [3.8, 4) is 0 Å². The molecule has 0 aromatic heterocycles. The summed E-state index contributed by atoms with van der Waals surface area (Å²) in [5, 5.41) is 11.0. The van der Waals surface area contributed by atoms with Gasteiger partial charge in [0.15, 0.2) is 0 Å². The molecule has 0 aromatic rings. The molecule has 3 atom stereocenters. The van der Waals surface area contributed by atoms with Crippen molar-refractivity contribution in [2.24, 2.45) is 10.8 Å². The molecule has 18 heavy (non-hydrogen) atoms. The zero-order chi connectivity index (χ0) is 13.6. The highest BCUT2D eigenvalue weighted by atomic mass is 79.9. The molecule has 0 unspecified atom stereocenters. The van der Waals surface area contributed by atoms with Crippen LogP contribution >= 0.6 is 31.9 Å². The molecule has 1 saturated carbocycles. The second-order valence-corrected chi connectivity index (χ2v) is 8.40. The third-order valence-corrected chi connectivity index (χ3v) is 6.29. The molecule has 2 aliphatic carbocycles. The summed E-state index contributed by atoms with van der Waals surface area (Å²) in [5.41, 5.74) is 0.673. The van der Waals surface area contributed by atoms with Gasteiger partial charge < -0.3 is 5.11 Å². The van der Waals surface area contributed by atoms with E-state index in [-0.39, 0.29) is 10.8 Å². The van der Waals surface area contributed by atoms with Gasteiger partial charge in [0.1, 0.15) is 0 Å². The summed E-state index contributed by atoms with van der Waals surface area (Å²) in [6.07, 6.45) is 8.45. The summed E-state index contributed by atoms with van der Waals surface area (Å²) in [4.78, 5) is 2.41. The fourth-order valence-electron chi connectivity index (χ4n) is 4.01. The molecule has 1 spiro atoms. The maximum atomic E-state index is 11.0. The first-order valence-electron chi connectivity index (χ1n) is 6.59. The molecule has 0 saturated heterocycles. The molecular weight excluding hydrogens is 356 g/mol. The molecule has 0 heterocycles. The Kier molecular flexibility index (Phi) is 3.90. The molecule has 2 rings (SSSR count). The van der Waals surface area contributed by atoms with Crippen LogP contribution in [-0.2, 0) is 0 Å². The second kappa shape index (κ2) is 4.75. The third-order valence-electron chi connectivity index (χ3n) is 5.05.